The molecule has 1 nitrogen and oxygen atoms in total. The van der Waals surface area contributed by atoms with Crippen LogP contribution in [0.4, 0.5) is 0 Å². The Bertz CT molecular complexity index is 443. The fourth-order valence-corrected chi connectivity index (χ4v) is 3.88. The smallest absolute Gasteiger partial charge is 0.0456 e. The molecule has 0 saturated heterocycles. The van der Waals surface area contributed by atoms with E-state index >= 15 is 0 Å². The lowest BCUT2D eigenvalue weighted by atomic mass is 9.72. The van der Waals surface area contributed by atoms with Gasteiger partial charge in [0.05, 0.1) is 0 Å². The van der Waals surface area contributed by atoms with Crippen molar-refractivity contribution in [3.05, 3.63) is 34.3 Å². The average Bonchev–Trinajstić information content (AvgIpc) is 2.40. The first-order chi connectivity index (χ1) is 9.52. The molecule has 1 aliphatic rings. The normalized spacial score (nSPS) is 28.4. The molecule has 1 saturated carbocycles. The van der Waals surface area contributed by atoms with Gasteiger partial charge >= 0.3 is 0 Å². The third-order valence-corrected chi connectivity index (χ3v) is 5.35. The van der Waals surface area contributed by atoms with Crippen LogP contribution in [0.3, 0.4) is 0 Å². The summed E-state index contributed by atoms with van der Waals surface area (Å²) in [6.07, 6.45) is 3.97. The van der Waals surface area contributed by atoms with Crippen molar-refractivity contribution in [2.45, 2.75) is 53.0 Å². The van der Waals surface area contributed by atoms with E-state index in [9.17, 15) is 0 Å². The molecule has 1 aliphatic carbocycles. The van der Waals surface area contributed by atoms with Crippen molar-refractivity contribution in [2.24, 2.45) is 17.8 Å². The number of rotatable bonds is 4. The van der Waals surface area contributed by atoms with Crippen LogP contribution in [0.15, 0.2) is 18.2 Å². The van der Waals surface area contributed by atoms with E-state index in [4.69, 9.17) is 11.6 Å². The van der Waals surface area contributed by atoms with Gasteiger partial charge in [0, 0.05) is 11.1 Å². The molecule has 0 aromatic heterocycles. The summed E-state index contributed by atoms with van der Waals surface area (Å²) >= 11 is 6.50. The highest BCUT2D eigenvalue weighted by Crippen LogP contribution is 2.41. The van der Waals surface area contributed by atoms with Crippen LogP contribution in [0.25, 0.3) is 0 Å². The van der Waals surface area contributed by atoms with Gasteiger partial charge in [-0.1, -0.05) is 50.9 Å². The number of nitrogens with one attached hydrogen (secondary N) is 1. The van der Waals surface area contributed by atoms with Gasteiger partial charge in [-0.25, -0.2) is 0 Å². The molecule has 1 N–H and O–H groups in total. The molecule has 0 amide bonds. The minimum atomic E-state index is 0.406. The van der Waals surface area contributed by atoms with Crippen molar-refractivity contribution >= 4 is 11.6 Å². The maximum Gasteiger partial charge on any atom is 0.0456 e. The molecule has 0 heterocycles. The largest absolute Gasteiger partial charge is 0.310 e. The predicted octanol–water partition coefficient (Wildman–Crippen LogP) is 5.37. The molecule has 0 radical (unpaired) electrons. The van der Waals surface area contributed by atoms with E-state index in [2.05, 4.69) is 51.2 Å². The molecule has 4 atom stereocenters. The minimum absolute atomic E-state index is 0.406. The van der Waals surface area contributed by atoms with Crippen LogP contribution < -0.4 is 5.32 Å². The second-order valence-corrected chi connectivity index (χ2v) is 7.00. The molecule has 1 aromatic carbocycles. The van der Waals surface area contributed by atoms with E-state index in [1.165, 1.54) is 30.4 Å². The molecule has 20 heavy (non-hydrogen) atoms. The third kappa shape index (κ3) is 3.56. The lowest BCUT2D eigenvalue weighted by Crippen LogP contribution is -2.33. The summed E-state index contributed by atoms with van der Waals surface area (Å²) in [5.41, 5.74) is 2.52. The zero-order valence-corrected chi connectivity index (χ0v) is 14.0. The molecule has 0 spiro atoms. The van der Waals surface area contributed by atoms with Crippen molar-refractivity contribution in [3.8, 4) is 0 Å². The number of hydrogen-bond acceptors (Lipinski definition) is 1. The Labute approximate surface area is 129 Å². The third-order valence-electron chi connectivity index (χ3n) is 5.03. The monoisotopic (exact) mass is 293 g/mol. The summed E-state index contributed by atoms with van der Waals surface area (Å²) in [4.78, 5) is 0. The number of benzene rings is 1. The molecule has 0 bridgehead atoms. The second-order valence-electron chi connectivity index (χ2n) is 6.59. The predicted molar refractivity (Wildman–Crippen MR) is 88.3 cm³/mol. The Morgan fingerprint density at radius 3 is 2.60 bits per heavy atom. The maximum absolute atomic E-state index is 6.50. The first kappa shape index (κ1) is 15.9. The highest BCUT2D eigenvalue weighted by Gasteiger charge is 2.31. The van der Waals surface area contributed by atoms with Crippen molar-refractivity contribution in [1.82, 2.24) is 5.32 Å². The number of hydrogen-bond donors (Lipinski definition) is 1. The molecule has 0 aliphatic heterocycles. The highest BCUT2D eigenvalue weighted by atomic mass is 35.5. The van der Waals surface area contributed by atoms with E-state index in [1.54, 1.807) is 0 Å². The molecular weight excluding hydrogens is 266 g/mol. The molecule has 112 valence electrons. The van der Waals surface area contributed by atoms with Crippen LogP contribution in [0.5, 0.6) is 0 Å². The van der Waals surface area contributed by atoms with Gasteiger partial charge in [-0.3, -0.25) is 0 Å². The zero-order valence-electron chi connectivity index (χ0n) is 13.2. The topological polar surface area (TPSA) is 12.0 Å². The summed E-state index contributed by atoms with van der Waals surface area (Å²) in [5, 5.41) is 4.60. The van der Waals surface area contributed by atoms with Gasteiger partial charge in [0.1, 0.15) is 0 Å². The van der Waals surface area contributed by atoms with E-state index in [-0.39, 0.29) is 0 Å². The van der Waals surface area contributed by atoms with Gasteiger partial charge < -0.3 is 5.32 Å². The van der Waals surface area contributed by atoms with E-state index in [0.717, 1.165) is 23.4 Å². The Kier molecular flexibility index (Phi) is 5.51. The molecule has 2 heteroatoms. The number of halogens is 1. The Balaban J connectivity index is 2.22. The quantitative estimate of drug-likeness (QED) is 0.787. The van der Waals surface area contributed by atoms with Crippen LogP contribution in [-0.4, -0.2) is 6.54 Å². The second kappa shape index (κ2) is 6.95. The molecule has 1 fully saturated rings. The van der Waals surface area contributed by atoms with Crippen LogP contribution in [0.2, 0.25) is 5.02 Å². The molecule has 2 rings (SSSR count). The van der Waals surface area contributed by atoms with Crippen LogP contribution >= 0.6 is 11.6 Å². The van der Waals surface area contributed by atoms with Gasteiger partial charge in [0.25, 0.3) is 0 Å². The minimum Gasteiger partial charge on any atom is -0.310 e. The Hall–Kier alpha value is -0.530. The van der Waals surface area contributed by atoms with Crippen LogP contribution in [0, 0.1) is 24.7 Å². The Morgan fingerprint density at radius 2 is 2.00 bits per heavy atom. The van der Waals surface area contributed by atoms with Crippen molar-refractivity contribution in [3.63, 3.8) is 0 Å². The van der Waals surface area contributed by atoms with Gasteiger partial charge in [-0.15, -0.1) is 0 Å². The number of aryl methyl sites for hydroxylation is 1. The maximum atomic E-state index is 6.50. The van der Waals surface area contributed by atoms with E-state index < -0.39 is 0 Å². The summed E-state index contributed by atoms with van der Waals surface area (Å²) in [6, 6.07) is 6.90. The standard InChI is InChI=1S/C18H28ClN/c1-5-20-18(15-8-7-13(3)14(4)11-15)16-9-6-12(2)10-17(16)19/h6,9-10,13-15,18,20H,5,7-8,11H2,1-4H3. The van der Waals surface area contributed by atoms with Crippen LogP contribution in [0.1, 0.15) is 57.2 Å². The fraction of sp³-hybridized carbons (Fsp3) is 0.667. The zero-order chi connectivity index (χ0) is 14.7. The average molecular weight is 294 g/mol. The summed E-state index contributed by atoms with van der Waals surface area (Å²) in [7, 11) is 0. The Morgan fingerprint density at radius 1 is 1.25 bits per heavy atom. The molecule has 4 unspecified atom stereocenters. The van der Waals surface area contributed by atoms with Gasteiger partial charge in [0.2, 0.25) is 0 Å². The first-order valence-corrected chi connectivity index (χ1v) is 8.40. The lowest BCUT2D eigenvalue weighted by molar-refractivity contribution is 0.172. The van der Waals surface area contributed by atoms with Crippen molar-refractivity contribution in [2.75, 3.05) is 6.54 Å². The van der Waals surface area contributed by atoms with E-state index in [1.807, 2.05) is 0 Å². The first-order valence-electron chi connectivity index (χ1n) is 8.02. The lowest BCUT2D eigenvalue weighted by Gasteiger charge is -2.37. The van der Waals surface area contributed by atoms with Gasteiger partial charge in [0.15, 0.2) is 0 Å². The fourth-order valence-electron chi connectivity index (χ4n) is 3.53. The summed E-state index contributed by atoms with van der Waals surface area (Å²) in [6.45, 7) is 10.1. The van der Waals surface area contributed by atoms with Gasteiger partial charge in [-0.2, -0.15) is 0 Å². The molecular formula is C18H28ClN. The SMILES string of the molecule is CCNC(c1ccc(C)cc1Cl)C1CCC(C)C(C)C1. The van der Waals surface area contributed by atoms with Crippen LogP contribution in [-0.2, 0) is 0 Å². The van der Waals surface area contributed by atoms with Crippen molar-refractivity contribution < 1.29 is 0 Å². The highest BCUT2D eigenvalue weighted by molar-refractivity contribution is 6.31. The van der Waals surface area contributed by atoms with E-state index in [0.29, 0.717) is 12.0 Å². The van der Waals surface area contributed by atoms with Crippen molar-refractivity contribution in [1.29, 1.82) is 0 Å². The van der Waals surface area contributed by atoms with Gasteiger partial charge in [-0.05, 0) is 61.3 Å². The summed E-state index contributed by atoms with van der Waals surface area (Å²) < 4.78 is 0. The summed E-state index contributed by atoms with van der Waals surface area (Å²) in [5.74, 6) is 2.39. The molecule has 1 aromatic rings.